The molecule has 0 spiro atoms. The number of aromatic amines is 3. The van der Waals surface area contributed by atoms with Crippen molar-refractivity contribution in [1.29, 1.82) is 5.41 Å². The first-order valence-corrected chi connectivity index (χ1v) is 39.7. The average Bonchev–Trinajstić information content (AvgIpc) is 1.71. The van der Waals surface area contributed by atoms with E-state index in [0.29, 0.717) is 39.4 Å². The number of aliphatic hydroxyl groups excluding tert-OH is 1. The molecule has 0 saturated carbocycles. The van der Waals surface area contributed by atoms with Crippen molar-refractivity contribution in [1.82, 2.24) is 94.4 Å². The van der Waals surface area contributed by atoms with Crippen LogP contribution in [0.2, 0.25) is 0 Å². The number of fused-ring (bicyclic) bond motifs is 2. The SMILES string of the molecule is CC[C@H](C)[C@H](NC(C)=O)C(=O)N[C@H]1CSSC[C@@H](C(=O)N[C@H](C(N)=O)[C@@H](C)O)NC(=O)[C@H](CCCNC(=N)N)NC(=O)[C@H](Cc2cnc[nH]2)NC(=O)[C@](C)(CC)NC(=O)CNC(=O)[C@H](Cc2c[nH]c3ccccc23)NC(=O)[C@H](CC(=O)O)NC(=O)[C@H](CCC(N)=O)NC(=O)[C@H](Cc2c[nH]c3ccccc23)NC(=O)[C@H](C(C)C)NC1=O. The fourth-order valence-electron chi connectivity index (χ4n) is 12.2. The van der Waals surface area contributed by atoms with Crippen LogP contribution in [0.25, 0.3) is 21.8 Å². The quantitative estimate of drug-likeness (QED) is 0.0109. The van der Waals surface area contributed by atoms with E-state index in [1.54, 1.807) is 68.6 Å². The summed E-state index contributed by atoms with van der Waals surface area (Å²) in [5, 5.41) is 65.4. The number of carboxylic acids is 1. The molecule has 5 aromatic rings. The molecule has 3 aromatic heterocycles. The fraction of sp³-hybridized carbons (Fsp3) is 0.507. The number of primary amides is 2. The van der Waals surface area contributed by atoms with E-state index in [4.69, 9.17) is 22.6 Å². The number of para-hydroxylation sites is 2. The van der Waals surface area contributed by atoms with Crippen LogP contribution >= 0.6 is 21.6 Å². The maximum atomic E-state index is 15.1. The van der Waals surface area contributed by atoms with Gasteiger partial charge in [0.15, 0.2) is 5.96 Å². The number of nitrogens with one attached hydrogen (secondary N) is 18. The molecule has 40 nitrogen and oxygen atoms in total. The van der Waals surface area contributed by atoms with E-state index in [0.717, 1.165) is 28.5 Å². The minimum atomic E-state index is -2.07. The monoisotopic (exact) mass is 1640 g/mol. The Labute approximate surface area is 669 Å². The number of H-pyrrole nitrogens is 3. The summed E-state index contributed by atoms with van der Waals surface area (Å²) < 4.78 is 0. The highest BCUT2D eigenvalue weighted by molar-refractivity contribution is 8.76. The fourth-order valence-corrected chi connectivity index (χ4v) is 14.5. The smallest absolute Gasteiger partial charge is 0.305 e. The molecular formula is C73H104N22O18S2. The second kappa shape index (κ2) is 44.0. The van der Waals surface area contributed by atoms with Gasteiger partial charge in [-0.15, -0.1) is 0 Å². The van der Waals surface area contributed by atoms with Gasteiger partial charge in [-0.2, -0.15) is 0 Å². The number of rotatable bonds is 26. The van der Waals surface area contributed by atoms with E-state index >= 15 is 14.4 Å². The summed E-state index contributed by atoms with van der Waals surface area (Å²) in [6.07, 6.45) is 0.611. The van der Waals surface area contributed by atoms with E-state index in [9.17, 15) is 72.5 Å². The first-order chi connectivity index (χ1) is 54.4. The molecule has 1 fully saturated rings. The normalized spacial score (nSPS) is 23.1. The molecule has 4 heterocycles. The number of hydrogen-bond acceptors (Lipinski definition) is 21. The highest BCUT2D eigenvalue weighted by atomic mass is 33.1. The second-order valence-electron chi connectivity index (χ2n) is 28.4. The first-order valence-electron chi connectivity index (χ1n) is 37.2. The van der Waals surface area contributed by atoms with Crippen LogP contribution in [0.4, 0.5) is 0 Å². The summed E-state index contributed by atoms with van der Waals surface area (Å²) in [5.74, 6) is -19.9. The van der Waals surface area contributed by atoms with Crippen molar-refractivity contribution in [2.24, 2.45) is 29.0 Å². The number of aliphatic hydroxyl groups is 1. The number of imidazole rings is 1. The van der Waals surface area contributed by atoms with Gasteiger partial charge < -0.3 is 117 Å². The van der Waals surface area contributed by atoms with Crippen molar-refractivity contribution in [3.05, 3.63) is 90.3 Å². The Balaban J connectivity index is 1.49. The molecular weight excluding hydrogens is 1540 g/mol. The van der Waals surface area contributed by atoms with Crippen molar-refractivity contribution in [2.45, 2.75) is 198 Å². The number of nitrogens with two attached hydrogens (primary N) is 3. The molecule has 1 aliphatic heterocycles. The minimum absolute atomic E-state index is 0.00576. The van der Waals surface area contributed by atoms with Gasteiger partial charge in [0.05, 0.1) is 25.4 Å². The number of carbonyl (C=O) groups is 16. The maximum absolute atomic E-state index is 15.1. The topological polar surface area (TPSA) is 644 Å². The van der Waals surface area contributed by atoms with Gasteiger partial charge in [-0.1, -0.05) is 99.0 Å². The van der Waals surface area contributed by atoms with E-state index in [2.05, 4.69) is 94.4 Å². The minimum Gasteiger partial charge on any atom is -0.481 e. The molecule has 626 valence electrons. The number of aliphatic carboxylic acids is 1. The van der Waals surface area contributed by atoms with Crippen molar-refractivity contribution in [3.63, 3.8) is 0 Å². The van der Waals surface area contributed by atoms with Crippen LogP contribution in [0.5, 0.6) is 0 Å². The summed E-state index contributed by atoms with van der Waals surface area (Å²) in [7, 11) is 1.65. The predicted octanol–water partition coefficient (Wildman–Crippen LogP) is -3.88. The Bertz CT molecular complexity index is 4330. The molecule has 0 radical (unpaired) electrons. The molecule has 15 amide bonds. The number of carbonyl (C=O) groups excluding carboxylic acids is 15. The van der Waals surface area contributed by atoms with Crippen LogP contribution in [-0.2, 0) is 96.0 Å². The lowest BCUT2D eigenvalue weighted by Gasteiger charge is -2.31. The first kappa shape index (κ1) is 92.1. The molecule has 1 saturated heterocycles. The summed E-state index contributed by atoms with van der Waals surface area (Å²) in [4.78, 5) is 240. The molecule has 42 heteroatoms. The summed E-state index contributed by atoms with van der Waals surface area (Å²) in [5.41, 5.74) is 17.2. The maximum Gasteiger partial charge on any atom is 0.305 e. The number of guanidine groups is 1. The molecule has 0 bridgehead atoms. The molecule has 14 atom stereocenters. The standard InChI is InChI=1S/C73H104N22O18S2/c1-9-36(5)58(84-38(7)97)70(112)91-53-33-115-114-32-52(68(110)94-59(37(6)96)60(75)102)90-62(104)46(20-15-23-79-72(76)77)85-65(107)50(26-41-30-78-34-83-41)92-71(113)73(8,10-2)95-55(99)31-82-61(103)48(24-39-28-80-44-18-13-11-16-42(39)44)87-66(108)51(27-56(100)101)88-63(105)47(21-22-54(74)98)86-64(106)49(89-69(111)57(35(3)4)93-67(53)109)25-40-29-81-45-19-14-12-17-43(40)45/h11-14,16-19,28-30,34-37,46-53,57-59,80-81,96H,9-10,15,20-27,31-33H2,1-8H3,(H2,74,98)(H2,75,102)(H,78,83)(H,82,103)(H,84,97)(H,85,107)(H,86,106)(H,87,108)(H,88,105)(H,89,111)(H,90,104)(H,91,112)(H,92,113)(H,93,109)(H,94,110)(H,95,99)(H,100,101)(H4,76,77,79)/t36-,37+,46-,47-,48-,49-,50-,51-,52-,53-,57-,58-,59-,73-/m0/s1. The summed E-state index contributed by atoms with van der Waals surface area (Å²) >= 11 is 0. The zero-order chi connectivity index (χ0) is 85.0. The highest BCUT2D eigenvalue weighted by Gasteiger charge is 2.41. The third kappa shape index (κ3) is 28.1. The molecule has 1 aliphatic rings. The second-order valence-corrected chi connectivity index (χ2v) is 30.9. The number of nitrogens with zero attached hydrogens (tertiary/aromatic N) is 1. The van der Waals surface area contributed by atoms with Gasteiger partial charge in [-0.05, 0) is 74.6 Å². The lowest BCUT2D eigenvalue weighted by Crippen LogP contribution is -2.63. The van der Waals surface area contributed by atoms with Crippen LogP contribution < -0.4 is 91.6 Å². The van der Waals surface area contributed by atoms with Crippen LogP contribution in [0.1, 0.15) is 117 Å². The Morgan fingerprint density at radius 1 is 0.643 bits per heavy atom. The Hall–Kier alpha value is -11.8. The van der Waals surface area contributed by atoms with Crippen molar-refractivity contribution < 1.29 is 86.9 Å². The molecule has 6 rings (SSSR count). The highest BCUT2D eigenvalue weighted by Crippen LogP contribution is 2.26. The van der Waals surface area contributed by atoms with Crippen LogP contribution in [-0.4, -0.2) is 233 Å². The molecule has 26 N–H and O–H groups in total. The third-order valence-corrected chi connectivity index (χ3v) is 21.5. The van der Waals surface area contributed by atoms with Crippen molar-refractivity contribution in [3.8, 4) is 0 Å². The van der Waals surface area contributed by atoms with Gasteiger partial charge in [0.2, 0.25) is 88.6 Å². The molecule has 115 heavy (non-hydrogen) atoms. The van der Waals surface area contributed by atoms with Gasteiger partial charge in [0.1, 0.15) is 72.0 Å². The van der Waals surface area contributed by atoms with Gasteiger partial charge >= 0.3 is 5.97 Å². The summed E-state index contributed by atoms with van der Waals surface area (Å²) in [6, 6.07) is -4.77. The summed E-state index contributed by atoms with van der Waals surface area (Å²) in [6.45, 7) is 10.7. The third-order valence-electron chi connectivity index (χ3n) is 19.1. The molecule has 0 aliphatic carbocycles. The van der Waals surface area contributed by atoms with E-state index < -0.39 is 228 Å². The van der Waals surface area contributed by atoms with Crippen LogP contribution in [0.15, 0.2) is 73.4 Å². The molecule has 0 unspecified atom stereocenters. The van der Waals surface area contributed by atoms with E-state index in [-0.39, 0.29) is 50.8 Å². The number of carboxylic acid groups (broad SMARTS) is 1. The lowest BCUT2D eigenvalue weighted by molar-refractivity contribution is -0.141. The Morgan fingerprint density at radius 2 is 1.18 bits per heavy atom. The number of benzene rings is 2. The number of hydrogen-bond donors (Lipinski definition) is 23. The van der Waals surface area contributed by atoms with Crippen molar-refractivity contribution in [2.75, 3.05) is 24.6 Å². The average molecular weight is 1640 g/mol. The zero-order valence-electron chi connectivity index (χ0n) is 64.8. The Kier molecular flexibility index (Phi) is 35.2. The van der Waals surface area contributed by atoms with E-state index in [1.165, 1.54) is 53.3 Å². The van der Waals surface area contributed by atoms with Gasteiger partial charge in [-0.25, -0.2) is 4.98 Å². The van der Waals surface area contributed by atoms with Gasteiger partial charge in [-0.3, -0.25) is 82.1 Å². The number of aromatic nitrogens is 4. The van der Waals surface area contributed by atoms with Gasteiger partial charge in [0.25, 0.3) is 0 Å². The van der Waals surface area contributed by atoms with E-state index in [1.807, 2.05) is 0 Å². The largest absolute Gasteiger partial charge is 0.481 e. The zero-order valence-corrected chi connectivity index (χ0v) is 66.5. The Morgan fingerprint density at radius 3 is 1.72 bits per heavy atom. The van der Waals surface area contributed by atoms with Crippen molar-refractivity contribution >= 4 is 144 Å². The molecule has 2 aromatic carbocycles. The lowest BCUT2D eigenvalue weighted by atomic mass is 9.96. The van der Waals surface area contributed by atoms with Gasteiger partial charge in [0, 0.05) is 96.7 Å². The van der Waals surface area contributed by atoms with Crippen LogP contribution in [0.3, 0.4) is 0 Å². The number of amides is 15. The predicted molar refractivity (Wildman–Crippen MR) is 423 cm³/mol. The van der Waals surface area contributed by atoms with Crippen LogP contribution in [0, 0.1) is 17.2 Å².